The number of benzene rings is 1. The monoisotopic (exact) mass is 240 g/mol. The lowest BCUT2D eigenvalue weighted by Gasteiger charge is -2.15. The Hall–Kier alpha value is -1.75. The van der Waals surface area contributed by atoms with Gasteiger partial charge in [0.25, 0.3) is 0 Å². The number of ether oxygens (including phenoxy) is 2. The van der Waals surface area contributed by atoms with Gasteiger partial charge in [-0.05, 0) is 19.4 Å². The number of phenolic OH excluding ortho intramolecular Hbond substituents is 1. The summed E-state index contributed by atoms with van der Waals surface area (Å²) in [6.45, 7) is 3.52. The number of aliphatic hydroxyl groups is 1. The molecule has 94 valence electrons. The molecule has 1 atom stereocenters. The first-order valence-electron chi connectivity index (χ1n) is 5.24. The Morgan fingerprint density at radius 1 is 1.47 bits per heavy atom. The molecule has 0 fully saturated rings. The number of carbonyl (C=O) groups excluding carboxylic acids is 1. The summed E-state index contributed by atoms with van der Waals surface area (Å²) in [5.74, 6) is -0.770. The third-order valence-corrected chi connectivity index (χ3v) is 2.37. The topological polar surface area (TPSA) is 76.0 Å². The van der Waals surface area contributed by atoms with E-state index in [-0.39, 0.29) is 23.7 Å². The Kier molecular flexibility index (Phi) is 4.34. The highest BCUT2D eigenvalue weighted by Crippen LogP contribution is 2.36. The minimum Gasteiger partial charge on any atom is -0.504 e. The highest BCUT2D eigenvalue weighted by atomic mass is 16.5. The van der Waals surface area contributed by atoms with Gasteiger partial charge in [-0.2, -0.15) is 0 Å². The van der Waals surface area contributed by atoms with Crippen LogP contribution in [0, 0.1) is 6.92 Å². The van der Waals surface area contributed by atoms with Gasteiger partial charge in [-0.3, -0.25) is 0 Å². The van der Waals surface area contributed by atoms with E-state index >= 15 is 0 Å². The maximum Gasteiger partial charge on any atom is 0.339 e. The minimum atomic E-state index is -1.46. The molecule has 0 heterocycles. The smallest absolute Gasteiger partial charge is 0.339 e. The van der Waals surface area contributed by atoms with Gasteiger partial charge in [-0.1, -0.05) is 12.1 Å². The van der Waals surface area contributed by atoms with Crippen LogP contribution in [-0.4, -0.2) is 29.9 Å². The summed E-state index contributed by atoms with van der Waals surface area (Å²) in [4.78, 5) is 11.4. The Labute approximate surface area is 99.6 Å². The van der Waals surface area contributed by atoms with Crippen LogP contribution in [0.1, 0.15) is 24.2 Å². The summed E-state index contributed by atoms with van der Waals surface area (Å²) in [6, 6.07) is 3.12. The van der Waals surface area contributed by atoms with Gasteiger partial charge in [0.2, 0.25) is 0 Å². The first-order valence-corrected chi connectivity index (χ1v) is 5.24. The molecule has 0 aliphatic carbocycles. The van der Waals surface area contributed by atoms with E-state index in [1.165, 1.54) is 13.2 Å². The van der Waals surface area contributed by atoms with E-state index in [4.69, 9.17) is 9.47 Å². The number of hydrogen-bond donors (Lipinski definition) is 2. The Balaban J connectivity index is 3.13. The molecule has 0 saturated heterocycles. The van der Waals surface area contributed by atoms with Gasteiger partial charge in [0.1, 0.15) is 0 Å². The Morgan fingerprint density at radius 2 is 2.12 bits per heavy atom. The average Bonchev–Trinajstić information content (AvgIpc) is 2.31. The lowest BCUT2D eigenvalue weighted by atomic mass is 10.0. The summed E-state index contributed by atoms with van der Waals surface area (Å²) < 4.78 is 9.69. The summed E-state index contributed by atoms with van der Waals surface area (Å²) in [7, 11) is 1.36. The fourth-order valence-electron chi connectivity index (χ4n) is 1.46. The zero-order valence-corrected chi connectivity index (χ0v) is 10.1. The number of aromatic hydroxyl groups is 1. The van der Waals surface area contributed by atoms with Crippen LogP contribution in [0.4, 0.5) is 0 Å². The molecule has 5 heteroatoms. The molecule has 0 aliphatic rings. The lowest BCUT2D eigenvalue weighted by molar-refractivity contribution is -0.153. The number of carbonyl (C=O) groups is 1. The maximum absolute atomic E-state index is 11.4. The van der Waals surface area contributed by atoms with E-state index in [0.29, 0.717) is 5.56 Å². The molecule has 0 bridgehead atoms. The molecular weight excluding hydrogens is 224 g/mol. The van der Waals surface area contributed by atoms with E-state index in [9.17, 15) is 15.0 Å². The van der Waals surface area contributed by atoms with Crippen LogP contribution >= 0.6 is 0 Å². The highest BCUT2D eigenvalue weighted by Gasteiger charge is 2.24. The molecule has 1 unspecified atom stereocenters. The molecule has 0 spiro atoms. The molecule has 1 aromatic carbocycles. The normalized spacial score (nSPS) is 12.0. The number of aliphatic hydroxyl groups excluding tert-OH is 1. The van der Waals surface area contributed by atoms with Crippen molar-refractivity contribution in [2.24, 2.45) is 0 Å². The standard InChI is InChI=1S/C12H16O5/c1-4-17-12(15)10(14)8-6-5-7(2)9(13)11(8)16-3/h5-6,10,13-14H,4H2,1-3H3. The van der Waals surface area contributed by atoms with Crippen molar-refractivity contribution >= 4 is 5.97 Å². The lowest BCUT2D eigenvalue weighted by Crippen LogP contribution is -2.16. The van der Waals surface area contributed by atoms with E-state index in [2.05, 4.69) is 0 Å². The molecule has 1 rings (SSSR count). The van der Waals surface area contributed by atoms with Crippen LogP contribution in [0.2, 0.25) is 0 Å². The quantitative estimate of drug-likeness (QED) is 0.776. The molecule has 0 aromatic heterocycles. The van der Waals surface area contributed by atoms with Crippen molar-refractivity contribution in [2.75, 3.05) is 13.7 Å². The van der Waals surface area contributed by atoms with Crippen LogP contribution in [0.25, 0.3) is 0 Å². The maximum atomic E-state index is 11.4. The zero-order valence-electron chi connectivity index (χ0n) is 10.1. The minimum absolute atomic E-state index is 0.0885. The molecule has 0 saturated carbocycles. The number of methoxy groups -OCH3 is 1. The van der Waals surface area contributed by atoms with Crippen molar-refractivity contribution in [3.63, 3.8) is 0 Å². The van der Waals surface area contributed by atoms with Crippen LogP contribution in [0.15, 0.2) is 12.1 Å². The molecular formula is C12H16O5. The molecule has 1 aromatic rings. The van der Waals surface area contributed by atoms with Gasteiger partial charge in [0.05, 0.1) is 13.7 Å². The highest BCUT2D eigenvalue weighted by molar-refractivity contribution is 5.78. The first kappa shape index (κ1) is 13.3. The fraction of sp³-hybridized carbons (Fsp3) is 0.417. The van der Waals surface area contributed by atoms with Crippen LogP contribution < -0.4 is 4.74 Å². The molecule has 2 N–H and O–H groups in total. The molecule has 17 heavy (non-hydrogen) atoms. The number of phenols is 1. The molecule has 0 radical (unpaired) electrons. The van der Waals surface area contributed by atoms with Crippen molar-refractivity contribution in [3.8, 4) is 11.5 Å². The van der Waals surface area contributed by atoms with Gasteiger partial charge in [0, 0.05) is 5.56 Å². The fourth-order valence-corrected chi connectivity index (χ4v) is 1.46. The predicted molar refractivity (Wildman–Crippen MR) is 61.0 cm³/mol. The van der Waals surface area contributed by atoms with Gasteiger partial charge in [0.15, 0.2) is 17.6 Å². The van der Waals surface area contributed by atoms with Gasteiger partial charge < -0.3 is 19.7 Å². The van der Waals surface area contributed by atoms with Crippen LogP contribution in [-0.2, 0) is 9.53 Å². The largest absolute Gasteiger partial charge is 0.504 e. The second kappa shape index (κ2) is 5.54. The summed E-state index contributed by atoms with van der Waals surface area (Å²) in [6.07, 6.45) is -1.46. The average molecular weight is 240 g/mol. The van der Waals surface area contributed by atoms with Crippen LogP contribution in [0.5, 0.6) is 11.5 Å². The SMILES string of the molecule is CCOC(=O)C(O)c1ccc(C)c(O)c1OC. The summed E-state index contributed by atoms with van der Waals surface area (Å²) in [5.41, 5.74) is 0.788. The van der Waals surface area contributed by atoms with E-state index in [1.54, 1.807) is 19.9 Å². The van der Waals surface area contributed by atoms with E-state index in [0.717, 1.165) is 0 Å². The number of aryl methyl sites for hydroxylation is 1. The van der Waals surface area contributed by atoms with Gasteiger partial charge >= 0.3 is 5.97 Å². The summed E-state index contributed by atoms with van der Waals surface area (Å²) >= 11 is 0. The number of esters is 1. The Bertz CT molecular complexity index is 414. The van der Waals surface area contributed by atoms with Crippen molar-refractivity contribution < 1.29 is 24.5 Å². The van der Waals surface area contributed by atoms with Crippen molar-refractivity contribution in [1.82, 2.24) is 0 Å². The first-order chi connectivity index (χ1) is 8.02. The molecule has 5 nitrogen and oxygen atoms in total. The van der Waals surface area contributed by atoms with E-state index < -0.39 is 12.1 Å². The zero-order chi connectivity index (χ0) is 13.0. The second-order valence-electron chi connectivity index (χ2n) is 3.51. The third-order valence-electron chi connectivity index (χ3n) is 2.37. The van der Waals surface area contributed by atoms with Crippen molar-refractivity contribution in [2.45, 2.75) is 20.0 Å². The van der Waals surface area contributed by atoms with Crippen molar-refractivity contribution in [3.05, 3.63) is 23.3 Å². The summed E-state index contributed by atoms with van der Waals surface area (Å²) in [5, 5.41) is 19.5. The number of rotatable bonds is 4. The van der Waals surface area contributed by atoms with Crippen LogP contribution in [0.3, 0.4) is 0 Å². The number of hydrogen-bond acceptors (Lipinski definition) is 5. The second-order valence-corrected chi connectivity index (χ2v) is 3.51. The van der Waals surface area contributed by atoms with Gasteiger partial charge in [-0.15, -0.1) is 0 Å². The molecule has 0 amide bonds. The third kappa shape index (κ3) is 2.68. The van der Waals surface area contributed by atoms with Gasteiger partial charge in [-0.25, -0.2) is 4.79 Å². The predicted octanol–water partition coefficient (Wildman–Crippen LogP) is 1.31. The van der Waals surface area contributed by atoms with Crippen molar-refractivity contribution in [1.29, 1.82) is 0 Å². The van der Waals surface area contributed by atoms with E-state index in [1.807, 2.05) is 0 Å². The molecule has 0 aliphatic heterocycles. The Morgan fingerprint density at radius 3 is 2.65 bits per heavy atom.